The summed E-state index contributed by atoms with van der Waals surface area (Å²) in [4.78, 5) is 27.7. The molecule has 3 heterocycles. The van der Waals surface area contributed by atoms with Gasteiger partial charge >= 0.3 is 12.1 Å². The third-order valence-corrected chi connectivity index (χ3v) is 5.29. The molecule has 1 aliphatic heterocycles. The van der Waals surface area contributed by atoms with Gasteiger partial charge < -0.3 is 19.3 Å². The Hall–Kier alpha value is -2.88. The number of fused-ring (bicyclic) bond motifs is 1. The monoisotopic (exact) mass is 439 g/mol. The van der Waals surface area contributed by atoms with E-state index < -0.39 is 12.1 Å². The maximum Gasteiger partial charge on any atom is 0.490 e. The molecule has 2 aromatic rings. The molecule has 1 N–H and O–H groups in total. The van der Waals surface area contributed by atoms with Crippen LogP contribution in [0.2, 0.25) is 0 Å². The Kier molecular flexibility index (Phi) is 6.99. The average molecular weight is 439 g/mol. The van der Waals surface area contributed by atoms with Crippen LogP contribution in [-0.2, 0) is 34.0 Å². The van der Waals surface area contributed by atoms with Crippen molar-refractivity contribution in [3.63, 3.8) is 0 Å². The van der Waals surface area contributed by atoms with Gasteiger partial charge in [-0.3, -0.25) is 9.78 Å². The molecule has 7 nitrogen and oxygen atoms in total. The summed E-state index contributed by atoms with van der Waals surface area (Å²) in [7, 11) is 0. The molecule has 1 aliphatic carbocycles. The van der Waals surface area contributed by atoms with Gasteiger partial charge in [0, 0.05) is 36.7 Å². The molecule has 0 aromatic carbocycles. The first-order valence-corrected chi connectivity index (χ1v) is 9.88. The van der Waals surface area contributed by atoms with Gasteiger partial charge in [0.15, 0.2) is 0 Å². The molecule has 1 saturated carbocycles. The van der Waals surface area contributed by atoms with E-state index in [0.29, 0.717) is 25.6 Å². The maximum atomic E-state index is 12.7. The number of alkyl halides is 3. The maximum absolute atomic E-state index is 12.7. The summed E-state index contributed by atoms with van der Waals surface area (Å²) in [6, 6.07) is 8.07. The number of carbonyl (C=O) groups excluding carboxylic acids is 1. The van der Waals surface area contributed by atoms with Crippen LogP contribution in [0.15, 0.2) is 42.9 Å². The molecule has 10 heteroatoms. The highest BCUT2D eigenvalue weighted by Gasteiger charge is 2.42. The zero-order valence-electron chi connectivity index (χ0n) is 17.0. The van der Waals surface area contributed by atoms with E-state index in [1.807, 2.05) is 29.3 Å². The zero-order chi connectivity index (χ0) is 22.6. The fraction of sp³-hybridized carbons (Fsp3) is 0.476. The predicted molar refractivity (Wildman–Crippen MR) is 104 cm³/mol. The lowest BCUT2D eigenvalue weighted by Gasteiger charge is -2.24. The van der Waals surface area contributed by atoms with E-state index in [9.17, 15) is 18.0 Å². The van der Waals surface area contributed by atoms with Crippen molar-refractivity contribution in [1.29, 1.82) is 0 Å². The van der Waals surface area contributed by atoms with Crippen molar-refractivity contribution < 1.29 is 32.6 Å². The molecular formula is C21H24F3N3O4. The molecule has 0 bridgehead atoms. The van der Waals surface area contributed by atoms with Gasteiger partial charge in [0.05, 0.1) is 25.8 Å². The van der Waals surface area contributed by atoms with E-state index in [1.54, 1.807) is 6.20 Å². The lowest BCUT2D eigenvalue weighted by molar-refractivity contribution is -0.192. The lowest BCUT2D eigenvalue weighted by Crippen LogP contribution is -2.38. The number of aromatic nitrogens is 2. The second-order valence-electron chi connectivity index (χ2n) is 7.79. The van der Waals surface area contributed by atoms with Crippen molar-refractivity contribution in [1.82, 2.24) is 14.5 Å². The van der Waals surface area contributed by atoms with Crippen molar-refractivity contribution in [3.8, 4) is 0 Å². The largest absolute Gasteiger partial charge is 0.490 e. The summed E-state index contributed by atoms with van der Waals surface area (Å²) >= 11 is 0. The number of aliphatic carboxylic acids is 1. The average Bonchev–Trinajstić information content (AvgIpc) is 3.35. The fourth-order valence-corrected chi connectivity index (χ4v) is 3.43. The minimum atomic E-state index is -5.08. The van der Waals surface area contributed by atoms with Gasteiger partial charge in [0.2, 0.25) is 5.91 Å². The molecule has 1 amide bonds. The van der Waals surface area contributed by atoms with Crippen LogP contribution in [-0.4, -0.2) is 50.3 Å². The topological polar surface area (TPSA) is 84.7 Å². The van der Waals surface area contributed by atoms with Crippen LogP contribution >= 0.6 is 0 Å². The first-order valence-electron chi connectivity index (χ1n) is 9.88. The fourth-order valence-electron chi connectivity index (χ4n) is 3.43. The Labute approximate surface area is 177 Å². The molecule has 1 fully saturated rings. The minimum absolute atomic E-state index is 0.00291. The highest BCUT2D eigenvalue weighted by atomic mass is 19.4. The number of hydrogen-bond acceptors (Lipinski definition) is 4. The Morgan fingerprint density at radius 3 is 2.55 bits per heavy atom. The van der Waals surface area contributed by atoms with Gasteiger partial charge in [-0.2, -0.15) is 13.2 Å². The first kappa shape index (κ1) is 22.8. The highest BCUT2D eigenvalue weighted by Crippen LogP contribution is 2.39. The van der Waals surface area contributed by atoms with E-state index in [4.69, 9.17) is 14.6 Å². The van der Waals surface area contributed by atoms with E-state index in [0.717, 1.165) is 18.5 Å². The zero-order valence-corrected chi connectivity index (χ0v) is 17.0. The number of carboxylic acids is 1. The first-order chi connectivity index (χ1) is 14.6. The van der Waals surface area contributed by atoms with Gasteiger partial charge in [-0.1, -0.05) is 13.0 Å². The highest BCUT2D eigenvalue weighted by molar-refractivity contribution is 5.81. The molecule has 2 aromatic heterocycles. The van der Waals surface area contributed by atoms with Crippen LogP contribution in [0.4, 0.5) is 13.2 Å². The molecular weight excluding hydrogens is 415 g/mol. The van der Waals surface area contributed by atoms with Crippen molar-refractivity contribution in [2.75, 3.05) is 6.54 Å². The van der Waals surface area contributed by atoms with Crippen molar-refractivity contribution >= 4 is 11.9 Å². The number of pyridine rings is 1. The number of halogens is 3. The number of carbonyl (C=O) groups is 2. The summed E-state index contributed by atoms with van der Waals surface area (Å²) in [6.07, 6.45) is 1.60. The number of rotatable bonds is 4. The normalized spacial score (nSPS) is 22.6. The van der Waals surface area contributed by atoms with E-state index in [-0.39, 0.29) is 17.9 Å². The number of hydrogen-bond donors (Lipinski definition) is 1. The van der Waals surface area contributed by atoms with E-state index >= 15 is 0 Å². The molecule has 0 spiro atoms. The SMILES string of the molecule is CC1CC1C(=O)N1Cc2cccn2CC(OCc2cccnc2)C1.O=C(O)C(F)(F)F. The summed E-state index contributed by atoms with van der Waals surface area (Å²) in [5.41, 5.74) is 2.24. The van der Waals surface area contributed by atoms with Crippen LogP contribution in [0.5, 0.6) is 0 Å². The van der Waals surface area contributed by atoms with E-state index in [1.165, 1.54) is 5.69 Å². The van der Waals surface area contributed by atoms with Gasteiger partial charge in [0.25, 0.3) is 0 Å². The molecule has 168 valence electrons. The van der Waals surface area contributed by atoms with E-state index in [2.05, 4.69) is 28.7 Å². The van der Waals surface area contributed by atoms with Crippen molar-refractivity contribution in [3.05, 3.63) is 54.1 Å². The number of amides is 1. The Balaban J connectivity index is 0.000000339. The quantitative estimate of drug-likeness (QED) is 0.792. The Bertz CT molecular complexity index is 901. The Morgan fingerprint density at radius 2 is 1.97 bits per heavy atom. The van der Waals surface area contributed by atoms with Gasteiger partial charge in [-0.05, 0) is 36.1 Å². The molecule has 4 rings (SSSR count). The van der Waals surface area contributed by atoms with Gasteiger partial charge in [-0.15, -0.1) is 0 Å². The molecule has 0 radical (unpaired) electrons. The minimum Gasteiger partial charge on any atom is -0.475 e. The number of nitrogens with zero attached hydrogens (tertiary/aromatic N) is 3. The third-order valence-electron chi connectivity index (χ3n) is 5.29. The lowest BCUT2D eigenvalue weighted by atomic mass is 10.2. The molecule has 0 saturated heterocycles. The Morgan fingerprint density at radius 1 is 1.26 bits per heavy atom. The molecule has 31 heavy (non-hydrogen) atoms. The smallest absolute Gasteiger partial charge is 0.475 e. The van der Waals surface area contributed by atoms with Crippen molar-refractivity contribution in [2.24, 2.45) is 11.8 Å². The van der Waals surface area contributed by atoms with Gasteiger partial charge in [-0.25, -0.2) is 4.79 Å². The summed E-state index contributed by atoms with van der Waals surface area (Å²) in [6.45, 7) is 4.80. The summed E-state index contributed by atoms with van der Waals surface area (Å²) < 4.78 is 40.1. The second kappa shape index (κ2) is 9.51. The summed E-state index contributed by atoms with van der Waals surface area (Å²) in [5.74, 6) is -1.73. The number of carboxylic acid groups (broad SMARTS) is 1. The predicted octanol–water partition coefficient (Wildman–Crippen LogP) is 3.10. The molecule has 3 atom stereocenters. The third kappa shape index (κ3) is 6.30. The van der Waals surface area contributed by atoms with Crippen LogP contribution in [0.25, 0.3) is 0 Å². The van der Waals surface area contributed by atoms with Crippen LogP contribution in [0.3, 0.4) is 0 Å². The molecule has 3 unspecified atom stereocenters. The number of ether oxygens (including phenoxy) is 1. The van der Waals surface area contributed by atoms with Crippen molar-refractivity contribution in [2.45, 2.75) is 45.3 Å². The van der Waals surface area contributed by atoms with Gasteiger partial charge in [0.1, 0.15) is 0 Å². The second-order valence-corrected chi connectivity index (χ2v) is 7.79. The standard InChI is InChI=1S/C19H23N3O2.C2HF3O2/c1-14-8-18(14)19(23)22-10-16-5-3-7-21(16)11-17(12-22)24-13-15-4-2-6-20-9-15;3-2(4,5)1(6)7/h2-7,9,14,17-18H,8,10-13H2,1H3;(H,6,7). The van der Waals surface area contributed by atoms with Crippen LogP contribution < -0.4 is 0 Å². The molecule has 2 aliphatic rings. The summed E-state index contributed by atoms with van der Waals surface area (Å²) in [5, 5.41) is 7.12. The van der Waals surface area contributed by atoms with Crippen LogP contribution in [0, 0.1) is 11.8 Å². The van der Waals surface area contributed by atoms with Crippen LogP contribution in [0.1, 0.15) is 24.6 Å².